The molecule has 0 aromatic rings. The molecule has 2 atom stereocenters. The standard InChI is InChI=1S/C22H41N5O.HI/c1-3-23-22(24-16-20-12-8-9-14-26(20)4-2)25-19-13-15-27(17-19)21(28)18-10-6-5-7-11-18;/h18-20H,3-17H2,1-2H3,(H2,23,24,25);1H. The molecule has 0 radical (unpaired) electrons. The topological polar surface area (TPSA) is 60.0 Å². The normalized spacial score (nSPS) is 26.8. The highest BCUT2D eigenvalue weighted by molar-refractivity contribution is 14.0. The Balaban J connectivity index is 0.00000300. The average Bonchev–Trinajstić information content (AvgIpc) is 3.21. The maximum atomic E-state index is 12.8. The molecule has 7 heteroatoms. The van der Waals surface area contributed by atoms with E-state index < -0.39 is 0 Å². The Hall–Kier alpha value is -0.570. The van der Waals surface area contributed by atoms with E-state index in [0.717, 1.165) is 57.9 Å². The van der Waals surface area contributed by atoms with Gasteiger partial charge >= 0.3 is 0 Å². The number of carbonyl (C=O) groups is 1. The Labute approximate surface area is 194 Å². The van der Waals surface area contributed by atoms with Crippen LogP contribution in [0.2, 0.25) is 0 Å². The number of hydrogen-bond donors (Lipinski definition) is 2. The van der Waals surface area contributed by atoms with Gasteiger partial charge in [0.05, 0.1) is 6.54 Å². The summed E-state index contributed by atoms with van der Waals surface area (Å²) in [5.74, 6) is 1.59. The van der Waals surface area contributed by atoms with Gasteiger partial charge in [-0.2, -0.15) is 0 Å². The van der Waals surface area contributed by atoms with E-state index in [1.54, 1.807) is 0 Å². The SMILES string of the molecule is CCNC(=NCC1CCCCN1CC)NC1CCN(C(=O)C2CCCCC2)C1.I. The highest BCUT2D eigenvalue weighted by Gasteiger charge is 2.32. The van der Waals surface area contributed by atoms with Crippen LogP contribution in [0.4, 0.5) is 0 Å². The van der Waals surface area contributed by atoms with Crippen molar-refractivity contribution in [2.75, 3.05) is 39.3 Å². The second-order valence-corrected chi connectivity index (χ2v) is 8.75. The molecular weight excluding hydrogens is 477 g/mol. The number of halogens is 1. The molecule has 1 amide bonds. The maximum absolute atomic E-state index is 12.8. The number of rotatable bonds is 6. The summed E-state index contributed by atoms with van der Waals surface area (Å²) in [4.78, 5) is 22.4. The number of likely N-dealkylation sites (tertiary alicyclic amines) is 2. The van der Waals surface area contributed by atoms with Crippen LogP contribution >= 0.6 is 24.0 Å². The van der Waals surface area contributed by atoms with Gasteiger partial charge in [-0.05, 0) is 52.1 Å². The Bertz CT molecular complexity index is 523. The third-order valence-corrected chi connectivity index (χ3v) is 6.75. The van der Waals surface area contributed by atoms with Gasteiger partial charge in [0, 0.05) is 37.6 Å². The van der Waals surface area contributed by atoms with Gasteiger partial charge < -0.3 is 15.5 Å². The van der Waals surface area contributed by atoms with E-state index in [1.165, 1.54) is 45.1 Å². The van der Waals surface area contributed by atoms with E-state index in [4.69, 9.17) is 4.99 Å². The fraction of sp³-hybridized carbons (Fsp3) is 0.909. The van der Waals surface area contributed by atoms with E-state index >= 15 is 0 Å². The average molecular weight is 520 g/mol. The molecule has 0 aromatic heterocycles. The van der Waals surface area contributed by atoms with Crippen LogP contribution in [0, 0.1) is 5.92 Å². The number of nitrogens with zero attached hydrogens (tertiary/aromatic N) is 3. The van der Waals surface area contributed by atoms with Gasteiger partial charge in [0.25, 0.3) is 0 Å². The second kappa shape index (κ2) is 13.0. The summed E-state index contributed by atoms with van der Waals surface area (Å²) in [6.07, 6.45) is 10.8. The number of hydrogen-bond acceptors (Lipinski definition) is 3. The first-order valence-corrected chi connectivity index (χ1v) is 11.8. The quantitative estimate of drug-likeness (QED) is 0.322. The summed E-state index contributed by atoms with van der Waals surface area (Å²) >= 11 is 0. The number of likely N-dealkylation sites (N-methyl/N-ethyl adjacent to an activating group) is 1. The summed E-state index contributed by atoms with van der Waals surface area (Å²) in [5.41, 5.74) is 0. The summed E-state index contributed by atoms with van der Waals surface area (Å²) in [6, 6.07) is 0.890. The summed E-state index contributed by atoms with van der Waals surface area (Å²) in [5, 5.41) is 7.01. The zero-order valence-electron chi connectivity index (χ0n) is 18.5. The second-order valence-electron chi connectivity index (χ2n) is 8.75. The zero-order valence-corrected chi connectivity index (χ0v) is 20.8. The van der Waals surface area contributed by atoms with Crippen LogP contribution in [-0.2, 0) is 4.79 Å². The third kappa shape index (κ3) is 7.26. The number of carbonyl (C=O) groups excluding carboxylic acids is 1. The summed E-state index contributed by atoms with van der Waals surface area (Å²) in [7, 11) is 0. The molecule has 3 fully saturated rings. The minimum atomic E-state index is 0. The van der Waals surface area contributed by atoms with E-state index in [0.29, 0.717) is 18.0 Å². The van der Waals surface area contributed by atoms with Crippen LogP contribution in [0.15, 0.2) is 4.99 Å². The molecule has 2 unspecified atom stereocenters. The Morgan fingerprint density at radius 2 is 1.76 bits per heavy atom. The van der Waals surface area contributed by atoms with Gasteiger partial charge in [-0.3, -0.25) is 14.7 Å². The van der Waals surface area contributed by atoms with Crippen LogP contribution in [0.1, 0.15) is 71.6 Å². The van der Waals surface area contributed by atoms with Gasteiger partial charge in [-0.15, -0.1) is 24.0 Å². The van der Waals surface area contributed by atoms with Gasteiger partial charge in [0.1, 0.15) is 0 Å². The molecule has 2 saturated heterocycles. The smallest absolute Gasteiger partial charge is 0.225 e. The first-order valence-electron chi connectivity index (χ1n) is 11.8. The molecule has 6 nitrogen and oxygen atoms in total. The molecular formula is C22H42IN5O. The molecule has 1 aliphatic carbocycles. The number of aliphatic imine (C=N–C) groups is 1. The molecule has 0 aromatic carbocycles. The molecule has 3 aliphatic rings. The predicted molar refractivity (Wildman–Crippen MR) is 131 cm³/mol. The van der Waals surface area contributed by atoms with Crippen molar-refractivity contribution in [3.8, 4) is 0 Å². The molecule has 3 rings (SSSR count). The van der Waals surface area contributed by atoms with Crippen molar-refractivity contribution in [2.45, 2.75) is 83.7 Å². The third-order valence-electron chi connectivity index (χ3n) is 6.75. The molecule has 0 bridgehead atoms. The number of guanidine groups is 1. The zero-order chi connectivity index (χ0) is 19.8. The Morgan fingerprint density at radius 1 is 1.00 bits per heavy atom. The van der Waals surface area contributed by atoms with E-state index in [-0.39, 0.29) is 29.9 Å². The Kier molecular flexibility index (Phi) is 11.0. The van der Waals surface area contributed by atoms with E-state index in [1.807, 2.05) is 0 Å². The number of nitrogens with one attached hydrogen (secondary N) is 2. The molecule has 0 spiro atoms. The van der Waals surface area contributed by atoms with Crippen molar-refractivity contribution < 1.29 is 4.79 Å². The molecule has 1 saturated carbocycles. The summed E-state index contributed by atoms with van der Waals surface area (Å²) < 4.78 is 0. The lowest BCUT2D eigenvalue weighted by Crippen LogP contribution is -2.47. The van der Waals surface area contributed by atoms with Crippen molar-refractivity contribution >= 4 is 35.8 Å². The highest BCUT2D eigenvalue weighted by atomic mass is 127. The lowest BCUT2D eigenvalue weighted by Gasteiger charge is -2.34. The van der Waals surface area contributed by atoms with Crippen molar-refractivity contribution in [1.82, 2.24) is 20.4 Å². The predicted octanol–water partition coefficient (Wildman–Crippen LogP) is 3.22. The molecule has 168 valence electrons. The van der Waals surface area contributed by atoms with Crippen LogP contribution in [0.3, 0.4) is 0 Å². The van der Waals surface area contributed by atoms with Crippen molar-refractivity contribution in [3.05, 3.63) is 0 Å². The first kappa shape index (κ1) is 24.7. The van der Waals surface area contributed by atoms with Crippen LogP contribution in [-0.4, -0.2) is 73.0 Å². The fourth-order valence-electron chi connectivity index (χ4n) is 5.08. The van der Waals surface area contributed by atoms with Crippen molar-refractivity contribution in [1.29, 1.82) is 0 Å². The van der Waals surface area contributed by atoms with Crippen molar-refractivity contribution in [2.24, 2.45) is 10.9 Å². The number of amides is 1. The van der Waals surface area contributed by atoms with E-state index in [2.05, 4.69) is 34.3 Å². The molecule has 2 N–H and O–H groups in total. The van der Waals surface area contributed by atoms with Gasteiger partial charge in [0.15, 0.2) is 5.96 Å². The Morgan fingerprint density at radius 3 is 2.48 bits per heavy atom. The molecule has 2 heterocycles. The minimum absolute atomic E-state index is 0. The summed E-state index contributed by atoms with van der Waals surface area (Å²) in [6.45, 7) is 10.1. The van der Waals surface area contributed by atoms with Crippen molar-refractivity contribution in [3.63, 3.8) is 0 Å². The maximum Gasteiger partial charge on any atom is 0.225 e. The number of piperidine rings is 1. The van der Waals surface area contributed by atoms with Crippen LogP contribution < -0.4 is 10.6 Å². The minimum Gasteiger partial charge on any atom is -0.357 e. The lowest BCUT2D eigenvalue weighted by molar-refractivity contribution is -0.135. The van der Waals surface area contributed by atoms with Crippen LogP contribution in [0.25, 0.3) is 0 Å². The van der Waals surface area contributed by atoms with Gasteiger partial charge in [-0.25, -0.2) is 0 Å². The fourth-order valence-corrected chi connectivity index (χ4v) is 5.08. The van der Waals surface area contributed by atoms with E-state index in [9.17, 15) is 4.79 Å². The monoisotopic (exact) mass is 519 g/mol. The molecule has 29 heavy (non-hydrogen) atoms. The molecule has 2 aliphatic heterocycles. The lowest BCUT2D eigenvalue weighted by atomic mass is 9.88. The van der Waals surface area contributed by atoms with Gasteiger partial charge in [0.2, 0.25) is 5.91 Å². The largest absolute Gasteiger partial charge is 0.357 e. The van der Waals surface area contributed by atoms with Gasteiger partial charge in [-0.1, -0.05) is 32.6 Å². The first-order chi connectivity index (χ1) is 13.7. The van der Waals surface area contributed by atoms with Crippen LogP contribution in [0.5, 0.6) is 0 Å². The highest BCUT2D eigenvalue weighted by Crippen LogP contribution is 2.26.